The van der Waals surface area contributed by atoms with Crippen molar-refractivity contribution in [1.29, 1.82) is 0 Å². The van der Waals surface area contributed by atoms with Crippen LogP contribution in [0.4, 0.5) is 4.39 Å². The normalized spacial score (nSPS) is 15.3. The number of hydrogen-bond acceptors (Lipinski definition) is 3. The first-order chi connectivity index (χ1) is 14.0. The second-order valence-electron chi connectivity index (χ2n) is 7.17. The Kier molecular flexibility index (Phi) is 8.81. The number of aliphatic hydroxyl groups is 2. The Bertz CT molecular complexity index is 871. The molecule has 1 heterocycles. The van der Waals surface area contributed by atoms with Crippen molar-refractivity contribution in [3.63, 3.8) is 0 Å². The maximum absolute atomic E-state index is 14.3. The lowest BCUT2D eigenvalue weighted by Crippen LogP contribution is -2.13. The Morgan fingerprint density at radius 1 is 1.21 bits per heavy atom. The maximum atomic E-state index is 14.3. The molecule has 0 fully saturated rings. The Hall–Kier alpha value is -2.72. The topological polar surface area (TPSA) is 53.4 Å². The van der Waals surface area contributed by atoms with Gasteiger partial charge in [-0.1, -0.05) is 62.8 Å². The van der Waals surface area contributed by atoms with Gasteiger partial charge in [-0.15, -0.1) is 0 Å². The summed E-state index contributed by atoms with van der Waals surface area (Å²) in [7, 11) is 0. The molecule has 1 aromatic heterocycles. The van der Waals surface area contributed by atoms with Gasteiger partial charge in [0, 0.05) is 30.0 Å². The van der Waals surface area contributed by atoms with Crippen LogP contribution in [-0.2, 0) is 6.42 Å². The Morgan fingerprint density at radius 2 is 1.97 bits per heavy atom. The first-order valence-corrected chi connectivity index (χ1v) is 10.1. The number of benzene rings is 1. The fourth-order valence-electron chi connectivity index (χ4n) is 3.35. The van der Waals surface area contributed by atoms with E-state index in [1.165, 1.54) is 6.07 Å². The van der Waals surface area contributed by atoms with Crippen molar-refractivity contribution in [2.75, 3.05) is 0 Å². The Labute approximate surface area is 173 Å². The molecule has 154 valence electrons. The van der Waals surface area contributed by atoms with E-state index in [2.05, 4.69) is 11.9 Å². The van der Waals surface area contributed by atoms with Gasteiger partial charge in [0.05, 0.1) is 0 Å². The standard InChI is InChI=1S/C25H30FNO2/c1-4-6-13-21(18(3)10-5-2)25(29)22(16-19-11-7-8-14-23(19)26)24(28)20-12-9-15-27-17-20/h4,6-9,11-15,17-18,24,28-29H,5,10,16H2,1-3H3/b6-4-,21-13+,25-22+. The van der Waals surface area contributed by atoms with Crippen molar-refractivity contribution in [3.8, 4) is 0 Å². The molecule has 3 nitrogen and oxygen atoms in total. The van der Waals surface area contributed by atoms with Crippen molar-refractivity contribution in [2.45, 2.75) is 46.1 Å². The van der Waals surface area contributed by atoms with Crippen LogP contribution in [0.1, 0.15) is 50.8 Å². The second kappa shape index (κ2) is 11.3. The summed E-state index contributed by atoms with van der Waals surface area (Å²) in [5.41, 5.74) is 2.07. The summed E-state index contributed by atoms with van der Waals surface area (Å²) in [4.78, 5) is 4.07. The molecular formula is C25H30FNO2. The molecule has 2 rings (SSSR count). The third-order valence-corrected chi connectivity index (χ3v) is 4.97. The van der Waals surface area contributed by atoms with Crippen LogP contribution in [0.15, 0.2) is 83.9 Å². The number of nitrogens with zero attached hydrogens (tertiary/aromatic N) is 1. The Morgan fingerprint density at radius 3 is 2.59 bits per heavy atom. The third kappa shape index (κ3) is 6.13. The monoisotopic (exact) mass is 395 g/mol. The predicted molar refractivity (Wildman–Crippen MR) is 116 cm³/mol. The molecule has 0 radical (unpaired) electrons. The molecular weight excluding hydrogens is 365 g/mol. The number of rotatable bonds is 9. The summed E-state index contributed by atoms with van der Waals surface area (Å²) < 4.78 is 14.3. The lowest BCUT2D eigenvalue weighted by atomic mass is 9.87. The molecule has 0 aliphatic heterocycles. The van der Waals surface area contributed by atoms with E-state index in [0.717, 1.165) is 18.4 Å². The van der Waals surface area contributed by atoms with E-state index in [9.17, 15) is 14.6 Å². The summed E-state index contributed by atoms with van der Waals surface area (Å²) in [5, 5.41) is 22.3. The molecule has 0 saturated carbocycles. The van der Waals surface area contributed by atoms with Crippen molar-refractivity contribution in [3.05, 3.63) is 101 Å². The van der Waals surface area contributed by atoms with E-state index in [0.29, 0.717) is 16.7 Å². The van der Waals surface area contributed by atoms with Crippen molar-refractivity contribution >= 4 is 0 Å². The van der Waals surface area contributed by atoms with Gasteiger partial charge in [-0.05, 0) is 42.5 Å². The fourth-order valence-corrected chi connectivity index (χ4v) is 3.35. The molecule has 0 saturated heterocycles. The molecule has 0 spiro atoms. The highest BCUT2D eigenvalue weighted by molar-refractivity contribution is 5.40. The number of pyridine rings is 1. The largest absolute Gasteiger partial charge is 0.508 e. The van der Waals surface area contributed by atoms with Crippen LogP contribution in [0.2, 0.25) is 0 Å². The minimum absolute atomic E-state index is 0.0173. The van der Waals surface area contributed by atoms with E-state index in [1.54, 1.807) is 42.7 Å². The van der Waals surface area contributed by atoms with E-state index >= 15 is 0 Å². The van der Waals surface area contributed by atoms with Gasteiger partial charge in [-0.3, -0.25) is 4.98 Å². The fraction of sp³-hybridized carbons (Fsp3) is 0.320. The average molecular weight is 396 g/mol. The number of hydrogen-bond donors (Lipinski definition) is 2. The van der Waals surface area contributed by atoms with Gasteiger partial charge in [0.1, 0.15) is 17.7 Å². The number of halogens is 1. The average Bonchev–Trinajstić information content (AvgIpc) is 2.73. The van der Waals surface area contributed by atoms with Crippen molar-refractivity contribution in [1.82, 2.24) is 4.98 Å². The van der Waals surface area contributed by atoms with Crippen LogP contribution >= 0.6 is 0 Å². The van der Waals surface area contributed by atoms with Crippen LogP contribution in [0.25, 0.3) is 0 Å². The molecule has 0 aliphatic carbocycles. The molecule has 4 heteroatoms. The molecule has 2 atom stereocenters. The Balaban J connectivity index is 2.60. The molecule has 0 amide bonds. The van der Waals surface area contributed by atoms with E-state index < -0.39 is 6.10 Å². The van der Waals surface area contributed by atoms with E-state index in [4.69, 9.17) is 0 Å². The zero-order valence-corrected chi connectivity index (χ0v) is 17.3. The highest BCUT2D eigenvalue weighted by Crippen LogP contribution is 2.33. The molecule has 2 N–H and O–H groups in total. The summed E-state index contributed by atoms with van der Waals surface area (Å²) in [6.07, 6.45) is 9.67. The van der Waals surface area contributed by atoms with Gasteiger partial charge < -0.3 is 10.2 Å². The van der Waals surface area contributed by atoms with E-state index in [1.807, 2.05) is 32.1 Å². The minimum Gasteiger partial charge on any atom is -0.508 e. The number of allylic oxidation sites excluding steroid dienone is 4. The van der Waals surface area contributed by atoms with Gasteiger partial charge in [-0.25, -0.2) is 4.39 Å². The smallest absolute Gasteiger partial charge is 0.126 e. The summed E-state index contributed by atoms with van der Waals surface area (Å²) in [6.45, 7) is 6.05. The van der Waals surface area contributed by atoms with Crippen LogP contribution < -0.4 is 0 Å². The molecule has 0 aliphatic rings. The van der Waals surface area contributed by atoms with Crippen molar-refractivity contribution < 1.29 is 14.6 Å². The molecule has 2 aromatic rings. The SMILES string of the molecule is C\C=C/C=C(/C(O)=C(/Cc1ccccc1F)C(O)c1cccnc1)C(C)CCC. The molecule has 29 heavy (non-hydrogen) atoms. The number of aromatic nitrogens is 1. The van der Waals surface area contributed by atoms with Crippen LogP contribution in [0.3, 0.4) is 0 Å². The minimum atomic E-state index is -1.09. The molecule has 1 aromatic carbocycles. The number of aliphatic hydroxyl groups excluding tert-OH is 2. The predicted octanol–water partition coefficient (Wildman–Crippen LogP) is 6.25. The lowest BCUT2D eigenvalue weighted by Gasteiger charge is -2.22. The van der Waals surface area contributed by atoms with Gasteiger partial charge in [0.15, 0.2) is 0 Å². The first kappa shape index (κ1) is 22.6. The summed E-state index contributed by atoms with van der Waals surface area (Å²) >= 11 is 0. The quantitative estimate of drug-likeness (QED) is 0.390. The summed E-state index contributed by atoms with van der Waals surface area (Å²) in [6, 6.07) is 9.91. The van der Waals surface area contributed by atoms with Gasteiger partial charge in [0.25, 0.3) is 0 Å². The van der Waals surface area contributed by atoms with Gasteiger partial charge in [-0.2, -0.15) is 0 Å². The zero-order valence-electron chi connectivity index (χ0n) is 17.3. The zero-order chi connectivity index (χ0) is 21.2. The van der Waals surface area contributed by atoms with Crippen LogP contribution in [0.5, 0.6) is 0 Å². The van der Waals surface area contributed by atoms with E-state index in [-0.39, 0.29) is 23.9 Å². The third-order valence-electron chi connectivity index (χ3n) is 4.97. The molecule has 2 unspecified atom stereocenters. The molecule has 0 bridgehead atoms. The first-order valence-electron chi connectivity index (χ1n) is 10.1. The highest BCUT2D eigenvalue weighted by Gasteiger charge is 2.24. The van der Waals surface area contributed by atoms with Gasteiger partial charge in [0.2, 0.25) is 0 Å². The van der Waals surface area contributed by atoms with Crippen LogP contribution in [0, 0.1) is 11.7 Å². The second-order valence-corrected chi connectivity index (χ2v) is 7.17. The van der Waals surface area contributed by atoms with Crippen molar-refractivity contribution in [2.24, 2.45) is 5.92 Å². The highest BCUT2D eigenvalue weighted by atomic mass is 19.1. The van der Waals surface area contributed by atoms with Crippen LogP contribution in [-0.4, -0.2) is 15.2 Å². The lowest BCUT2D eigenvalue weighted by molar-refractivity contribution is 0.203. The van der Waals surface area contributed by atoms with Gasteiger partial charge >= 0.3 is 0 Å². The maximum Gasteiger partial charge on any atom is 0.126 e. The summed E-state index contributed by atoms with van der Waals surface area (Å²) in [5.74, 6) is -0.256.